The molecule has 0 saturated carbocycles. The molecule has 34 heavy (non-hydrogen) atoms. The lowest BCUT2D eigenvalue weighted by atomic mass is 10.2. The van der Waals surface area contributed by atoms with Crippen LogP contribution in [0, 0.1) is 0 Å². The third kappa shape index (κ3) is 5.36. The summed E-state index contributed by atoms with van der Waals surface area (Å²) in [6, 6.07) is 6.98. The van der Waals surface area contributed by atoms with Crippen molar-refractivity contribution in [3.8, 4) is 0 Å². The van der Waals surface area contributed by atoms with Gasteiger partial charge in [0.2, 0.25) is 11.8 Å². The van der Waals surface area contributed by atoms with Gasteiger partial charge in [-0.15, -0.1) is 11.3 Å². The average Bonchev–Trinajstić information content (AvgIpc) is 3.37. The molecule has 0 radical (unpaired) electrons. The Kier molecular flexibility index (Phi) is 7.73. The second-order valence-corrected chi connectivity index (χ2v) is 11.0. The van der Waals surface area contributed by atoms with Gasteiger partial charge in [0.15, 0.2) is 5.16 Å². The van der Waals surface area contributed by atoms with E-state index < -0.39 is 5.25 Å². The van der Waals surface area contributed by atoms with E-state index in [1.807, 2.05) is 6.92 Å². The number of fused-ring (bicyclic) bond motifs is 3. The number of carbonyl (C=O) groups is 2. The van der Waals surface area contributed by atoms with Crippen LogP contribution >= 0.6 is 23.1 Å². The van der Waals surface area contributed by atoms with Gasteiger partial charge in [-0.05, 0) is 62.4 Å². The minimum Gasteiger partial charge on any atom is -0.326 e. The summed E-state index contributed by atoms with van der Waals surface area (Å²) in [4.78, 5) is 44.5. The number of aryl methyl sites for hydroxylation is 2. The molecule has 1 unspecified atom stereocenters. The Balaban J connectivity index is 1.54. The lowest BCUT2D eigenvalue weighted by Crippen LogP contribution is -2.27. The summed E-state index contributed by atoms with van der Waals surface area (Å²) in [5.74, 6) is -0.312. The topological polar surface area (TPSA) is 93.1 Å². The lowest BCUT2D eigenvalue weighted by Gasteiger charge is -2.16. The number of thiophene rings is 1. The summed E-state index contributed by atoms with van der Waals surface area (Å²) in [5, 5.41) is 6.57. The summed E-state index contributed by atoms with van der Waals surface area (Å²) in [7, 11) is 0. The quantitative estimate of drug-likeness (QED) is 0.240. The second kappa shape index (κ2) is 10.7. The number of hydrogen-bond donors (Lipinski definition) is 2. The Morgan fingerprint density at radius 3 is 2.53 bits per heavy atom. The molecule has 9 heteroatoms. The molecule has 2 heterocycles. The number of unbranched alkanes of at least 4 members (excludes halogenated alkanes) is 2. The molecule has 1 aliphatic carbocycles. The first kappa shape index (κ1) is 24.5. The minimum atomic E-state index is -0.441. The van der Waals surface area contributed by atoms with E-state index in [9.17, 15) is 14.4 Å². The predicted octanol–water partition coefficient (Wildman–Crippen LogP) is 5.21. The van der Waals surface area contributed by atoms with Crippen LogP contribution in [0.3, 0.4) is 0 Å². The molecule has 4 rings (SSSR count). The standard InChI is InChI=1S/C25H30N4O3S2/c1-4-5-6-14-29-24(32)21-19-8-7-9-20(19)34-23(21)28-25(29)33-15(2)22(31)27-18-12-10-17(11-13-18)26-16(3)30/h10-13,15H,4-9,14H2,1-3H3,(H,26,30)(H,27,31). The van der Waals surface area contributed by atoms with Crippen molar-refractivity contribution >= 4 is 56.5 Å². The third-order valence-corrected chi connectivity index (χ3v) is 8.18. The summed E-state index contributed by atoms with van der Waals surface area (Å²) < 4.78 is 1.78. The van der Waals surface area contributed by atoms with E-state index in [0.717, 1.165) is 48.7 Å². The Bertz CT molecular complexity index is 1260. The molecular weight excluding hydrogens is 468 g/mol. The monoisotopic (exact) mass is 498 g/mol. The van der Waals surface area contributed by atoms with Crippen LogP contribution < -0.4 is 16.2 Å². The van der Waals surface area contributed by atoms with Crippen LogP contribution in [-0.4, -0.2) is 26.6 Å². The first-order chi connectivity index (χ1) is 16.4. The van der Waals surface area contributed by atoms with Gasteiger partial charge in [0, 0.05) is 29.7 Å². The number of carbonyl (C=O) groups excluding carboxylic acids is 2. The highest BCUT2D eigenvalue weighted by molar-refractivity contribution is 8.00. The highest BCUT2D eigenvalue weighted by Crippen LogP contribution is 2.36. The van der Waals surface area contributed by atoms with E-state index >= 15 is 0 Å². The molecule has 1 aliphatic rings. The van der Waals surface area contributed by atoms with Gasteiger partial charge in [-0.25, -0.2) is 4.98 Å². The van der Waals surface area contributed by atoms with Crippen molar-refractivity contribution in [2.75, 3.05) is 10.6 Å². The van der Waals surface area contributed by atoms with Crippen LogP contribution in [0.2, 0.25) is 0 Å². The van der Waals surface area contributed by atoms with Crippen LogP contribution in [-0.2, 0) is 29.0 Å². The lowest BCUT2D eigenvalue weighted by molar-refractivity contribution is -0.115. The van der Waals surface area contributed by atoms with Crippen molar-refractivity contribution < 1.29 is 9.59 Å². The van der Waals surface area contributed by atoms with Gasteiger partial charge in [0.05, 0.1) is 10.6 Å². The molecule has 2 amide bonds. The number of benzene rings is 1. The SMILES string of the molecule is CCCCCn1c(SC(C)C(=O)Nc2ccc(NC(C)=O)cc2)nc2sc3c(c2c1=O)CCC3. The summed E-state index contributed by atoms with van der Waals surface area (Å²) in [6.45, 7) is 6.03. The maximum absolute atomic E-state index is 13.5. The molecular formula is C25H30N4O3S2. The van der Waals surface area contributed by atoms with Crippen molar-refractivity contribution in [1.29, 1.82) is 0 Å². The molecule has 1 aromatic carbocycles. The molecule has 0 aliphatic heterocycles. The van der Waals surface area contributed by atoms with Gasteiger partial charge >= 0.3 is 0 Å². The van der Waals surface area contributed by atoms with E-state index in [2.05, 4.69) is 17.6 Å². The largest absolute Gasteiger partial charge is 0.326 e. The Hall–Kier alpha value is -2.65. The summed E-state index contributed by atoms with van der Waals surface area (Å²) >= 11 is 2.95. The summed E-state index contributed by atoms with van der Waals surface area (Å²) in [6.07, 6.45) is 6.10. The number of thioether (sulfide) groups is 1. The highest BCUT2D eigenvalue weighted by Gasteiger charge is 2.25. The number of amides is 2. The number of anilines is 2. The van der Waals surface area contributed by atoms with Crippen molar-refractivity contribution in [2.24, 2.45) is 0 Å². The normalized spacial score (nSPS) is 13.6. The van der Waals surface area contributed by atoms with Crippen LogP contribution in [0.1, 0.15) is 56.9 Å². The van der Waals surface area contributed by atoms with Gasteiger partial charge in [0.1, 0.15) is 4.83 Å². The number of hydrogen-bond acceptors (Lipinski definition) is 6. The number of rotatable bonds is 9. The molecule has 1 atom stereocenters. The molecule has 2 aromatic heterocycles. The highest BCUT2D eigenvalue weighted by atomic mass is 32.2. The van der Waals surface area contributed by atoms with Crippen molar-refractivity contribution in [2.45, 2.75) is 76.2 Å². The smallest absolute Gasteiger partial charge is 0.263 e. The van der Waals surface area contributed by atoms with Gasteiger partial charge in [-0.1, -0.05) is 31.5 Å². The van der Waals surface area contributed by atoms with Crippen LogP contribution in [0.25, 0.3) is 10.2 Å². The summed E-state index contributed by atoms with van der Waals surface area (Å²) in [5.41, 5.74) is 2.53. The van der Waals surface area contributed by atoms with Crippen LogP contribution in [0.4, 0.5) is 11.4 Å². The number of nitrogens with one attached hydrogen (secondary N) is 2. The van der Waals surface area contributed by atoms with Crippen molar-refractivity contribution in [1.82, 2.24) is 9.55 Å². The second-order valence-electron chi connectivity index (χ2n) is 8.60. The fourth-order valence-corrected chi connectivity index (χ4v) is 6.40. The maximum Gasteiger partial charge on any atom is 0.263 e. The zero-order valence-corrected chi connectivity index (χ0v) is 21.4. The predicted molar refractivity (Wildman–Crippen MR) is 140 cm³/mol. The van der Waals surface area contributed by atoms with Crippen LogP contribution in [0.15, 0.2) is 34.2 Å². The molecule has 180 valence electrons. The van der Waals surface area contributed by atoms with E-state index in [0.29, 0.717) is 23.1 Å². The first-order valence-corrected chi connectivity index (χ1v) is 13.5. The van der Waals surface area contributed by atoms with E-state index in [-0.39, 0.29) is 17.4 Å². The zero-order valence-electron chi connectivity index (χ0n) is 19.8. The maximum atomic E-state index is 13.5. The van der Waals surface area contributed by atoms with E-state index in [1.165, 1.54) is 29.1 Å². The average molecular weight is 499 g/mol. The van der Waals surface area contributed by atoms with Crippen molar-refractivity contribution in [3.05, 3.63) is 45.1 Å². The molecule has 2 N–H and O–H groups in total. The Morgan fingerprint density at radius 1 is 1.15 bits per heavy atom. The molecule has 0 spiro atoms. The van der Waals surface area contributed by atoms with E-state index in [1.54, 1.807) is 40.2 Å². The third-order valence-electron chi connectivity index (χ3n) is 5.90. The molecule has 3 aromatic rings. The Labute approximate surface area is 207 Å². The number of nitrogens with zero attached hydrogens (tertiary/aromatic N) is 2. The molecule has 0 fully saturated rings. The fraction of sp³-hybridized carbons (Fsp3) is 0.440. The van der Waals surface area contributed by atoms with Gasteiger partial charge in [0.25, 0.3) is 5.56 Å². The van der Waals surface area contributed by atoms with Gasteiger partial charge in [-0.3, -0.25) is 19.0 Å². The molecule has 0 saturated heterocycles. The van der Waals surface area contributed by atoms with Crippen molar-refractivity contribution in [3.63, 3.8) is 0 Å². The first-order valence-electron chi connectivity index (χ1n) is 11.8. The Morgan fingerprint density at radius 2 is 1.85 bits per heavy atom. The minimum absolute atomic E-state index is 0.0316. The molecule has 0 bridgehead atoms. The van der Waals surface area contributed by atoms with Gasteiger partial charge < -0.3 is 10.6 Å². The van der Waals surface area contributed by atoms with Crippen LogP contribution in [0.5, 0.6) is 0 Å². The number of aromatic nitrogens is 2. The zero-order chi connectivity index (χ0) is 24.2. The van der Waals surface area contributed by atoms with E-state index in [4.69, 9.17) is 4.98 Å². The van der Waals surface area contributed by atoms with Gasteiger partial charge in [-0.2, -0.15) is 0 Å². The molecule has 7 nitrogen and oxygen atoms in total. The fourth-order valence-electron chi connectivity index (χ4n) is 4.16.